The van der Waals surface area contributed by atoms with E-state index in [1.165, 1.54) is 24.8 Å². The third kappa shape index (κ3) is 7.37. The van der Waals surface area contributed by atoms with Crippen molar-refractivity contribution >= 4 is 0 Å². The molecule has 1 heteroatoms. The molecule has 0 spiro atoms. The average molecular weight is 261 g/mol. The summed E-state index contributed by atoms with van der Waals surface area (Å²) in [5.74, 6) is 1.54. The predicted molar refractivity (Wildman–Crippen MR) is 85.5 cm³/mol. The van der Waals surface area contributed by atoms with Gasteiger partial charge in [-0.1, -0.05) is 44.2 Å². The number of hydrogen-bond donors (Lipinski definition) is 1. The monoisotopic (exact) mass is 261 g/mol. The van der Waals surface area contributed by atoms with Crippen molar-refractivity contribution < 1.29 is 0 Å². The highest BCUT2D eigenvalue weighted by atomic mass is 14.9. The maximum absolute atomic E-state index is 3.65. The summed E-state index contributed by atoms with van der Waals surface area (Å²) in [6.07, 6.45) is 3.81. The normalized spacial score (nSPS) is 13.8. The third-order valence-electron chi connectivity index (χ3n) is 3.72. The molecule has 0 amide bonds. The quantitative estimate of drug-likeness (QED) is 0.752. The standard InChI is InChI=1S/C18H31N/c1-15(2)17(14-19-18(3,4)5)13-9-12-16-10-7-6-8-11-16/h6-8,10-11,15,17,19H,9,12-14H2,1-5H3. The first-order valence-electron chi connectivity index (χ1n) is 7.67. The zero-order chi connectivity index (χ0) is 14.3. The minimum atomic E-state index is 0.229. The van der Waals surface area contributed by atoms with Gasteiger partial charge in [0.25, 0.3) is 0 Å². The highest BCUT2D eigenvalue weighted by molar-refractivity contribution is 5.14. The van der Waals surface area contributed by atoms with Gasteiger partial charge in [0.15, 0.2) is 0 Å². The topological polar surface area (TPSA) is 12.0 Å². The molecule has 1 nitrogen and oxygen atoms in total. The van der Waals surface area contributed by atoms with Gasteiger partial charge in [0.05, 0.1) is 0 Å². The molecule has 1 N–H and O–H groups in total. The second-order valence-corrected chi connectivity index (χ2v) is 7.01. The van der Waals surface area contributed by atoms with Crippen LogP contribution in [0.25, 0.3) is 0 Å². The lowest BCUT2D eigenvalue weighted by molar-refractivity contribution is 0.295. The van der Waals surface area contributed by atoms with Crippen molar-refractivity contribution in [1.82, 2.24) is 5.32 Å². The molecule has 0 bridgehead atoms. The van der Waals surface area contributed by atoms with Crippen LogP contribution >= 0.6 is 0 Å². The molecule has 0 aliphatic rings. The van der Waals surface area contributed by atoms with E-state index in [2.05, 4.69) is 70.3 Å². The molecule has 108 valence electrons. The van der Waals surface area contributed by atoms with Crippen LogP contribution in [0.2, 0.25) is 0 Å². The van der Waals surface area contributed by atoms with Gasteiger partial charge >= 0.3 is 0 Å². The Morgan fingerprint density at radius 1 is 1.05 bits per heavy atom. The highest BCUT2D eigenvalue weighted by Crippen LogP contribution is 2.19. The van der Waals surface area contributed by atoms with Gasteiger partial charge in [0, 0.05) is 5.54 Å². The first-order chi connectivity index (χ1) is 8.88. The molecular formula is C18H31N. The molecule has 0 saturated carbocycles. The van der Waals surface area contributed by atoms with Crippen molar-refractivity contribution in [2.45, 2.75) is 59.4 Å². The molecule has 0 heterocycles. The van der Waals surface area contributed by atoms with E-state index in [1.807, 2.05) is 0 Å². The van der Waals surface area contributed by atoms with Crippen LogP contribution < -0.4 is 5.32 Å². The summed E-state index contributed by atoms with van der Waals surface area (Å²) in [7, 11) is 0. The zero-order valence-electron chi connectivity index (χ0n) is 13.4. The largest absolute Gasteiger partial charge is 0.312 e. The molecule has 0 aromatic heterocycles. The SMILES string of the molecule is CC(C)C(CCCc1ccccc1)CNC(C)(C)C. The molecule has 0 radical (unpaired) electrons. The molecule has 1 aromatic carbocycles. The minimum Gasteiger partial charge on any atom is -0.312 e. The lowest BCUT2D eigenvalue weighted by Crippen LogP contribution is -2.40. The van der Waals surface area contributed by atoms with Crippen LogP contribution in [0, 0.1) is 11.8 Å². The van der Waals surface area contributed by atoms with E-state index in [0.717, 1.165) is 18.4 Å². The number of hydrogen-bond acceptors (Lipinski definition) is 1. The number of rotatable bonds is 7. The molecule has 0 saturated heterocycles. The fourth-order valence-electron chi connectivity index (χ4n) is 2.32. The van der Waals surface area contributed by atoms with Crippen molar-refractivity contribution in [1.29, 1.82) is 0 Å². The van der Waals surface area contributed by atoms with Crippen LogP contribution in [0.4, 0.5) is 0 Å². The summed E-state index contributed by atoms with van der Waals surface area (Å²) in [5, 5.41) is 3.65. The fourth-order valence-corrected chi connectivity index (χ4v) is 2.32. The molecule has 19 heavy (non-hydrogen) atoms. The van der Waals surface area contributed by atoms with Gasteiger partial charge in [0.2, 0.25) is 0 Å². The Labute approximate surface area is 119 Å². The van der Waals surface area contributed by atoms with Crippen LogP contribution in [0.5, 0.6) is 0 Å². The number of aryl methyl sites for hydroxylation is 1. The van der Waals surface area contributed by atoms with Gasteiger partial charge in [-0.25, -0.2) is 0 Å². The lowest BCUT2D eigenvalue weighted by atomic mass is 9.89. The maximum Gasteiger partial charge on any atom is 0.00966 e. The van der Waals surface area contributed by atoms with Crippen molar-refractivity contribution in [2.24, 2.45) is 11.8 Å². The second kappa shape index (κ2) is 7.69. The Morgan fingerprint density at radius 2 is 1.68 bits per heavy atom. The summed E-state index contributed by atoms with van der Waals surface area (Å²) in [5.41, 5.74) is 1.70. The number of benzene rings is 1. The summed E-state index contributed by atoms with van der Waals surface area (Å²) < 4.78 is 0. The van der Waals surface area contributed by atoms with Gasteiger partial charge < -0.3 is 5.32 Å². The average Bonchev–Trinajstić information content (AvgIpc) is 2.33. The highest BCUT2D eigenvalue weighted by Gasteiger charge is 2.16. The summed E-state index contributed by atoms with van der Waals surface area (Å²) in [4.78, 5) is 0. The van der Waals surface area contributed by atoms with Crippen molar-refractivity contribution in [3.63, 3.8) is 0 Å². The summed E-state index contributed by atoms with van der Waals surface area (Å²) in [6, 6.07) is 10.8. The Balaban J connectivity index is 2.34. The van der Waals surface area contributed by atoms with Crippen LogP contribution in [0.3, 0.4) is 0 Å². The van der Waals surface area contributed by atoms with Crippen LogP contribution in [-0.4, -0.2) is 12.1 Å². The molecule has 1 rings (SSSR count). The summed E-state index contributed by atoms with van der Waals surface area (Å²) in [6.45, 7) is 12.6. The lowest BCUT2D eigenvalue weighted by Gasteiger charge is -2.27. The predicted octanol–water partition coefficient (Wildman–Crippen LogP) is 4.67. The Hall–Kier alpha value is -0.820. The van der Waals surface area contributed by atoms with Crippen molar-refractivity contribution in [3.8, 4) is 0 Å². The van der Waals surface area contributed by atoms with E-state index in [4.69, 9.17) is 0 Å². The molecule has 1 unspecified atom stereocenters. The van der Waals surface area contributed by atoms with Crippen molar-refractivity contribution in [3.05, 3.63) is 35.9 Å². The molecule has 0 fully saturated rings. The van der Waals surface area contributed by atoms with E-state index in [0.29, 0.717) is 0 Å². The van der Waals surface area contributed by atoms with Crippen molar-refractivity contribution in [2.75, 3.05) is 6.54 Å². The van der Waals surface area contributed by atoms with E-state index < -0.39 is 0 Å². The molecular weight excluding hydrogens is 230 g/mol. The minimum absolute atomic E-state index is 0.229. The van der Waals surface area contributed by atoms with Gasteiger partial charge in [-0.2, -0.15) is 0 Å². The van der Waals surface area contributed by atoms with E-state index in [-0.39, 0.29) is 5.54 Å². The van der Waals surface area contributed by atoms with E-state index >= 15 is 0 Å². The van der Waals surface area contributed by atoms with E-state index in [9.17, 15) is 0 Å². The van der Waals surface area contributed by atoms with Gasteiger partial charge in [-0.05, 0) is 64.0 Å². The third-order valence-corrected chi connectivity index (χ3v) is 3.72. The van der Waals surface area contributed by atoms with E-state index in [1.54, 1.807) is 0 Å². The Bertz CT molecular complexity index is 334. The molecule has 0 aliphatic carbocycles. The Kier molecular flexibility index (Phi) is 6.57. The van der Waals surface area contributed by atoms with Gasteiger partial charge in [-0.15, -0.1) is 0 Å². The molecule has 1 atom stereocenters. The second-order valence-electron chi connectivity index (χ2n) is 7.01. The summed E-state index contributed by atoms with van der Waals surface area (Å²) >= 11 is 0. The first kappa shape index (κ1) is 16.2. The molecule has 1 aromatic rings. The van der Waals surface area contributed by atoms with Gasteiger partial charge in [0.1, 0.15) is 0 Å². The van der Waals surface area contributed by atoms with Crippen LogP contribution in [0.15, 0.2) is 30.3 Å². The van der Waals surface area contributed by atoms with Crippen LogP contribution in [0.1, 0.15) is 53.0 Å². The zero-order valence-corrected chi connectivity index (χ0v) is 13.4. The van der Waals surface area contributed by atoms with Gasteiger partial charge in [-0.3, -0.25) is 0 Å². The Morgan fingerprint density at radius 3 is 2.21 bits per heavy atom. The fraction of sp³-hybridized carbons (Fsp3) is 0.667. The smallest absolute Gasteiger partial charge is 0.00966 e. The number of nitrogens with one attached hydrogen (secondary N) is 1. The van der Waals surface area contributed by atoms with Crippen LogP contribution in [-0.2, 0) is 6.42 Å². The first-order valence-corrected chi connectivity index (χ1v) is 7.67. The maximum atomic E-state index is 3.65. The molecule has 0 aliphatic heterocycles.